The van der Waals surface area contributed by atoms with E-state index in [4.69, 9.17) is 24.7 Å². The van der Waals surface area contributed by atoms with Crippen LogP contribution in [0.3, 0.4) is 0 Å². The lowest BCUT2D eigenvalue weighted by molar-refractivity contribution is -0.158. The van der Waals surface area contributed by atoms with Gasteiger partial charge in [0.05, 0.1) is 25.0 Å². The van der Waals surface area contributed by atoms with Crippen molar-refractivity contribution < 1.29 is 38.1 Å². The van der Waals surface area contributed by atoms with Crippen molar-refractivity contribution in [3.05, 3.63) is 0 Å². The highest BCUT2D eigenvalue weighted by Gasteiger charge is 2.21. The van der Waals surface area contributed by atoms with E-state index >= 15 is 0 Å². The van der Waals surface area contributed by atoms with Crippen LogP contribution in [0, 0.1) is 11.8 Å². The van der Waals surface area contributed by atoms with Crippen molar-refractivity contribution in [1.82, 2.24) is 0 Å². The minimum absolute atomic E-state index is 0.0337. The molecule has 0 rings (SSSR count). The van der Waals surface area contributed by atoms with Crippen molar-refractivity contribution in [2.75, 3.05) is 26.4 Å². The minimum atomic E-state index is -0.712. The molecule has 318 valence electrons. The highest BCUT2D eigenvalue weighted by Crippen LogP contribution is 2.22. The first-order valence-corrected chi connectivity index (χ1v) is 22.7. The largest absolute Gasteiger partial charge is 0.465 e. The van der Waals surface area contributed by atoms with Crippen LogP contribution >= 0.6 is 0 Å². The predicted octanol–water partition coefficient (Wildman–Crippen LogP) is 11.5. The average Bonchev–Trinajstić information content (AvgIpc) is 3.17. The molecule has 0 radical (unpaired) electrons. The van der Waals surface area contributed by atoms with Gasteiger partial charge in [-0.25, -0.2) is 0 Å². The Morgan fingerprint density at radius 3 is 1.17 bits per heavy atom. The molecule has 0 aliphatic rings. The van der Waals surface area contributed by atoms with Crippen LogP contribution in [0.15, 0.2) is 0 Å². The molecule has 0 saturated heterocycles. The number of ether oxygens (including phenoxy) is 4. The lowest BCUT2D eigenvalue weighted by Crippen LogP contribution is -2.32. The maximum atomic E-state index is 12.9. The van der Waals surface area contributed by atoms with Gasteiger partial charge in [-0.2, -0.15) is 0 Å². The van der Waals surface area contributed by atoms with Gasteiger partial charge >= 0.3 is 23.9 Å². The van der Waals surface area contributed by atoms with Gasteiger partial charge in [0.2, 0.25) is 0 Å². The molecular formula is C45H85NO8. The first kappa shape index (κ1) is 51.8. The molecule has 0 fully saturated rings. The zero-order valence-electron chi connectivity index (χ0n) is 35.6. The predicted molar refractivity (Wildman–Crippen MR) is 220 cm³/mol. The molecule has 0 amide bonds. The summed E-state index contributed by atoms with van der Waals surface area (Å²) in [5.74, 6) is -1.08. The number of hydrogen-bond donors (Lipinski definition) is 1. The van der Waals surface area contributed by atoms with Gasteiger partial charge in [-0.3, -0.25) is 19.2 Å². The van der Waals surface area contributed by atoms with E-state index in [1.807, 2.05) is 0 Å². The highest BCUT2D eigenvalue weighted by molar-refractivity contribution is 5.73. The minimum Gasteiger partial charge on any atom is -0.465 e. The third-order valence-corrected chi connectivity index (χ3v) is 10.3. The summed E-state index contributed by atoms with van der Waals surface area (Å²) < 4.78 is 22.0. The van der Waals surface area contributed by atoms with Crippen molar-refractivity contribution in [3.63, 3.8) is 0 Å². The summed E-state index contributed by atoms with van der Waals surface area (Å²) in [6.07, 6.45) is 29.1. The SMILES string of the molecule is CCCCCCCCC(CCCCCC)C(=O)OCCCCC(=O)OCC(CN)OC(=O)CCCCOC(=O)C(CCCCCC)CCCCCCCC. The first-order valence-electron chi connectivity index (χ1n) is 22.7. The average molecular weight is 768 g/mol. The molecule has 0 aliphatic heterocycles. The molecule has 9 nitrogen and oxygen atoms in total. The number of hydrogen-bond acceptors (Lipinski definition) is 9. The topological polar surface area (TPSA) is 131 Å². The van der Waals surface area contributed by atoms with Crippen molar-refractivity contribution in [1.29, 1.82) is 0 Å². The Balaban J connectivity index is 4.31. The molecule has 3 unspecified atom stereocenters. The Morgan fingerprint density at radius 1 is 0.426 bits per heavy atom. The lowest BCUT2D eigenvalue weighted by Gasteiger charge is -2.17. The maximum absolute atomic E-state index is 12.9. The molecule has 3 atom stereocenters. The Kier molecular flexibility index (Phi) is 37.5. The number of nitrogens with two attached hydrogens (primary N) is 1. The first-order chi connectivity index (χ1) is 26.3. The van der Waals surface area contributed by atoms with Gasteiger partial charge in [0.1, 0.15) is 12.7 Å². The van der Waals surface area contributed by atoms with Gasteiger partial charge < -0.3 is 24.7 Å². The second kappa shape index (κ2) is 39.1. The lowest BCUT2D eigenvalue weighted by atomic mass is 9.94. The molecule has 0 aromatic heterocycles. The Morgan fingerprint density at radius 2 is 0.778 bits per heavy atom. The fraction of sp³-hybridized carbons (Fsp3) is 0.911. The Labute approximate surface area is 331 Å². The molecule has 54 heavy (non-hydrogen) atoms. The van der Waals surface area contributed by atoms with Crippen molar-refractivity contribution >= 4 is 23.9 Å². The fourth-order valence-corrected chi connectivity index (χ4v) is 6.71. The van der Waals surface area contributed by atoms with Crippen LogP contribution in [-0.4, -0.2) is 56.3 Å². The second-order valence-electron chi connectivity index (χ2n) is 15.5. The smallest absolute Gasteiger partial charge is 0.308 e. The maximum Gasteiger partial charge on any atom is 0.308 e. The zero-order valence-corrected chi connectivity index (χ0v) is 35.6. The summed E-state index contributed by atoms with van der Waals surface area (Å²) in [5, 5.41) is 0. The van der Waals surface area contributed by atoms with Gasteiger partial charge in [-0.15, -0.1) is 0 Å². The van der Waals surface area contributed by atoms with Crippen molar-refractivity contribution in [3.8, 4) is 0 Å². The molecular weight excluding hydrogens is 682 g/mol. The van der Waals surface area contributed by atoms with E-state index in [0.29, 0.717) is 38.9 Å². The summed E-state index contributed by atoms with van der Waals surface area (Å²) in [6.45, 7) is 9.37. The molecule has 0 aromatic carbocycles. The fourth-order valence-electron chi connectivity index (χ4n) is 6.71. The van der Waals surface area contributed by atoms with E-state index in [9.17, 15) is 19.2 Å². The van der Waals surface area contributed by atoms with E-state index in [1.54, 1.807) is 0 Å². The van der Waals surface area contributed by atoms with Gasteiger partial charge in [0, 0.05) is 19.4 Å². The van der Waals surface area contributed by atoms with E-state index < -0.39 is 18.0 Å². The number of unbranched alkanes of at least 4 members (excludes halogenated alkanes) is 18. The highest BCUT2D eigenvalue weighted by atomic mass is 16.6. The number of rotatable bonds is 40. The number of carbonyl (C=O) groups excluding carboxylic acids is 4. The van der Waals surface area contributed by atoms with E-state index in [1.165, 1.54) is 89.9 Å². The normalized spacial score (nSPS) is 12.9. The third kappa shape index (κ3) is 32.1. The molecule has 2 N–H and O–H groups in total. The summed E-state index contributed by atoms with van der Waals surface area (Å²) in [4.78, 5) is 50.5. The Bertz CT molecular complexity index is 897. The molecule has 0 bridgehead atoms. The summed E-state index contributed by atoms with van der Waals surface area (Å²) in [5.41, 5.74) is 5.78. The Hall–Kier alpha value is -2.16. The van der Waals surface area contributed by atoms with Gasteiger partial charge in [0.15, 0.2) is 0 Å². The van der Waals surface area contributed by atoms with Gasteiger partial charge in [-0.05, 0) is 51.4 Å². The van der Waals surface area contributed by atoms with E-state index in [0.717, 1.165) is 64.2 Å². The third-order valence-electron chi connectivity index (χ3n) is 10.3. The van der Waals surface area contributed by atoms with E-state index in [2.05, 4.69) is 27.7 Å². The number of esters is 4. The number of carbonyl (C=O) groups is 4. The second-order valence-corrected chi connectivity index (χ2v) is 15.5. The van der Waals surface area contributed by atoms with E-state index in [-0.39, 0.29) is 49.8 Å². The molecule has 0 heterocycles. The molecule has 0 spiro atoms. The van der Waals surface area contributed by atoms with Crippen molar-refractivity contribution in [2.24, 2.45) is 17.6 Å². The van der Waals surface area contributed by atoms with Crippen LogP contribution in [0.2, 0.25) is 0 Å². The monoisotopic (exact) mass is 768 g/mol. The van der Waals surface area contributed by atoms with Crippen LogP contribution in [0.4, 0.5) is 0 Å². The van der Waals surface area contributed by atoms with Crippen molar-refractivity contribution in [2.45, 2.75) is 226 Å². The molecule has 0 aliphatic carbocycles. The standard InChI is InChI=1S/C45H85NO8/c1-5-9-13-17-19-23-31-39(29-21-15-11-7-3)44(49)51-35-27-25-33-42(47)53-38-41(37-46)54-43(48)34-26-28-36-52-45(50)40(30-22-16-12-8-4)32-24-20-18-14-10-6-2/h39-41H,5-38,46H2,1-4H3. The zero-order chi connectivity index (χ0) is 39.9. The van der Waals surface area contributed by atoms with Crippen LogP contribution in [-0.2, 0) is 38.1 Å². The van der Waals surface area contributed by atoms with Crippen LogP contribution in [0.1, 0.15) is 220 Å². The summed E-state index contributed by atoms with van der Waals surface area (Å²) >= 11 is 0. The van der Waals surface area contributed by atoms with Gasteiger partial charge in [0.25, 0.3) is 0 Å². The van der Waals surface area contributed by atoms with Crippen LogP contribution < -0.4 is 5.73 Å². The van der Waals surface area contributed by atoms with Crippen LogP contribution in [0.25, 0.3) is 0 Å². The van der Waals surface area contributed by atoms with Crippen LogP contribution in [0.5, 0.6) is 0 Å². The quantitative estimate of drug-likeness (QED) is 0.0367. The molecule has 0 aromatic rings. The molecule has 9 heteroatoms. The summed E-state index contributed by atoms with van der Waals surface area (Å²) in [7, 11) is 0. The summed E-state index contributed by atoms with van der Waals surface area (Å²) in [6, 6.07) is 0. The molecule has 0 saturated carbocycles. The van der Waals surface area contributed by atoms with Gasteiger partial charge in [-0.1, -0.05) is 156 Å².